The minimum Gasteiger partial charge on any atom is -0.353 e. The Bertz CT molecular complexity index is 669. The Morgan fingerprint density at radius 3 is 2.52 bits per heavy atom. The van der Waals surface area contributed by atoms with Gasteiger partial charge in [0.2, 0.25) is 5.91 Å². The first-order valence-corrected chi connectivity index (χ1v) is 8.44. The number of rotatable bonds is 6. The molecule has 1 amide bonds. The summed E-state index contributed by atoms with van der Waals surface area (Å²) in [6.45, 7) is 6.12. The van der Waals surface area contributed by atoms with E-state index in [1.165, 1.54) is 23.9 Å². The van der Waals surface area contributed by atoms with E-state index in [1.54, 1.807) is 16.7 Å². The van der Waals surface area contributed by atoms with E-state index in [9.17, 15) is 9.18 Å². The molecule has 0 spiro atoms. The lowest BCUT2D eigenvalue weighted by atomic mass is 10.1. The fraction of sp³-hybridized carbons (Fsp3) is 0.438. The molecule has 23 heavy (non-hydrogen) atoms. The van der Waals surface area contributed by atoms with Crippen molar-refractivity contribution >= 4 is 17.7 Å². The fourth-order valence-electron chi connectivity index (χ4n) is 1.88. The Labute approximate surface area is 139 Å². The van der Waals surface area contributed by atoms with Crippen LogP contribution in [0.15, 0.2) is 29.4 Å². The summed E-state index contributed by atoms with van der Waals surface area (Å²) in [6.07, 6.45) is 0. The molecule has 0 radical (unpaired) electrons. The number of hydrogen-bond donors (Lipinski definition) is 1. The monoisotopic (exact) mass is 336 g/mol. The van der Waals surface area contributed by atoms with E-state index in [4.69, 9.17) is 0 Å². The smallest absolute Gasteiger partial charge is 0.230 e. The average molecular weight is 336 g/mol. The molecule has 0 aliphatic heterocycles. The average Bonchev–Trinajstić information content (AvgIpc) is 2.87. The van der Waals surface area contributed by atoms with E-state index >= 15 is 0 Å². The molecule has 0 saturated carbocycles. The summed E-state index contributed by atoms with van der Waals surface area (Å²) < 4.78 is 14.8. The molecule has 1 N–H and O–H groups in total. The standard InChI is InChI=1S/C16H21FN4OS/c1-10(2)11(3)18-14(22)9-23-16-20-19-15(21(16)4)12-5-7-13(17)8-6-12/h5-8,10-11H,9H2,1-4H3,(H,18,22)/t11-/m0/s1. The number of benzene rings is 1. The third kappa shape index (κ3) is 4.54. The van der Waals surface area contributed by atoms with Crippen LogP contribution in [-0.2, 0) is 11.8 Å². The molecule has 7 heteroatoms. The molecular formula is C16H21FN4OS. The molecule has 2 aromatic rings. The molecule has 0 saturated heterocycles. The highest BCUT2D eigenvalue weighted by molar-refractivity contribution is 7.99. The number of halogens is 1. The Morgan fingerprint density at radius 2 is 1.91 bits per heavy atom. The molecule has 0 fully saturated rings. The van der Waals surface area contributed by atoms with E-state index in [0.29, 0.717) is 16.9 Å². The zero-order chi connectivity index (χ0) is 17.0. The molecule has 124 valence electrons. The van der Waals surface area contributed by atoms with Crippen LogP contribution in [0.4, 0.5) is 4.39 Å². The van der Waals surface area contributed by atoms with Crippen molar-refractivity contribution < 1.29 is 9.18 Å². The number of carbonyl (C=O) groups excluding carboxylic acids is 1. The van der Waals surface area contributed by atoms with Crippen LogP contribution in [-0.4, -0.2) is 32.5 Å². The second kappa shape index (κ2) is 7.59. The molecule has 1 heterocycles. The van der Waals surface area contributed by atoms with Crippen molar-refractivity contribution in [1.82, 2.24) is 20.1 Å². The number of nitrogens with zero attached hydrogens (tertiary/aromatic N) is 3. The molecule has 5 nitrogen and oxygen atoms in total. The van der Waals surface area contributed by atoms with Gasteiger partial charge < -0.3 is 9.88 Å². The second-order valence-electron chi connectivity index (χ2n) is 5.76. The van der Waals surface area contributed by atoms with Crippen molar-refractivity contribution in [3.8, 4) is 11.4 Å². The lowest BCUT2D eigenvalue weighted by Crippen LogP contribution is -2.37. The van der Waals surface area contributed by atoms with Gasteiger partial charge in [-0.05, 0) is 37.1 Å². The summed E-state index contributed by atoms with van der Waals surface area (Å²) in [6, 6.07) is 6.22. The first kappa shape index (κ1) is 17.5. The minimum atomic E-state index is -0.290. The van der Waals surface area contributed by atoms with Crippen molar-refractivity contribution in [3.63, 3.8) is 0 Å². The summed E-state index contributed by atoms with van der Waals surface area (Å²) in [4.78, 5) is 11.9. The highest BCUT2D eigenvalue weighted by Gasteiger charge is 2.15. The maximum absolute atomic E-state index is 13.0. The van der Waals surface area contributed by atoms with Gasteiger partial charge in [-0.2, -0.15) is 0 Å². The Hall–Kier alpha value is -1.89. The van der Waals surface area contributed by atoms with Crippen LogP contribution in [0.5, 0.6) is 0 Å². The topological polar surface area (TPSA) is 59.8 Å². The van der Waals surface area contributed by atoms with Crippen molar-refractivity contribution in [2.45, 2.75) is 32.0 Å². The number of thioether (sulfide) groups is 1. The van der Waals surface area contributed by atoms with Crippen LogP contribution in [0, 0.1) is 11.7 Å². The molecule has 0 aliphatic carbocycles. The third-order valence-corrected chi connectivity index (χ3v) is 4.68. The Balaban J connectivity index is 2.00. The van der Waals surface area contributed by atoms with Gasteiger partial charge in [0.25, 0.3) is 0 Å². The van der Waals surface area contributed by atoms with Crippen molar-refractivity contribution in [1.29, 1.82) is 0 Å². The van der Waals surface area contributed by atoms with Gasteiger partial charge in [0.1, 0.15) is 5.82 Å². The fourth-order valence-corrected chi connectivity index (χ4v) is 2.61. The number of carbonyl (C=O) groups is 1. The van der Waals surface area contributed by atoms with Gasteiger partial charge in [0.15, 0.2) is 11.0 Å². The number of hydrogen-bond acceptors (Lipinski definition) is 4. The molecule has 1 atom stereocenters. The van der Waals surface area contributed by atoms with E-state index in [2.05, 4.69) is 29.4 Å². The summed E-state index contributed by atoms with van der Waals surface area (Å²) in [5.41, 5.74) is 0.783. The van der Waals surface area contributed by atoms with Gasteiger partial charge in [-0.15, -0.1) is 10.2 Å². The summed E-state index contributed by atoms with van der Waals surface area (Å²) in [7, 11) is 1.83. The normalized spacial score (nSPS) is 12.4. The predicted molar refractivity (Wildman–Crippen MR) is 89.6 cm³/mol. The molecule has 0 bridgehead atoms. The van der Waals surface area contributed by atoms with Crippen molar-refractivity contribution in [2.24, 2.45) is 13.0 Å². The third-order valence-electron chi connectivity index (χ3n) is 3.66. The lowest BCUT2D eigenvalue weighted by molar-refractivity contribution is -0.119. The number of aromatic nitrogens is 3. The Morgan fingerprint density at radius 1 is 1.26 bits per heavy atom. The van der Waals surface area contributed by atoms with E-state index in [-0.39, 0.29) is 23.5 Å². The van der Waals surface area contributed by atoms with E-state index in [1.807, 2.05) is 14.0 Å². The Kier molecular flexibility index (Phi) is 5.76. The van der Waals surface area contributed by atoms with Gasteiger partial charge in [0.05, 0.1) is 5.75 Å². The second-order valence-corrected chi connectivity index (χ2v) is 6.70. The summed E-state index contributed by atoms with van der Waals surface area (Å²) >= 11 is 1.33. The zero-order valence-corrected chi connectivity index (χ0v) is 14.5. The van der Waals surface area contributed by atoms with Gasteiger partial charge in [-0.1, -0.05) is 25.6 Å². The molecule has 2 rings (SSSR count). The maximum atomic E-state index is 13.0. The van der Waals surface area contributed by atoms with Crippen LogP contribution >= 0.6 is 11.8 Å². The quantitative estimate of drug-likeness (QED) is 0.824. The van der Waals surface area contributed by atoms with E-state index < -0.39 is 0 Å². The number of nitrogens with one attached hydrogen (secondary N) is 1. The number of amides is 1. The SMILES string of the molecule is CC(C)[C@H](C)NC(=O)CSc1nnc(-c2ccc(F)cc2)n1C. The molecular weight excluding hydrogens is 315 g/mol. The van der Waals surface area contributed by atoms with Crippen LogP contribution < -0.4 is 5.32 Å². The molecule has 0 unspecified atom stereocenters. The maximum Gasteiger partial charge on any atom is 0.230 e. The first-order chi connectivity index (χ1) is 10.9. The minimum absolute atomic E-state index is 0.0254. The summed E-state index contributed by atoms with van der Waals surface area (Å²) in [5.74, 6) is 1.00. The highest BCUT2D eigenvalue weighted by Crippen LogP contribution is 2.22. The molecule has 0 aliphatic rings. The van der Waals surface area contributed by atoms with Crippen LogP contribution in [0.3, 0.4) is 0 Å². The van der Waals surface area contributed by atoms with E-state index in [0.717, 1.165) is 5.56 Å². The predicted octanol–water partition coefficient (Wildman–Crippen LogP) is 2.87. The lowest BCUT2D eigenvalue weighted by Gasteiger charge is -2.17. The van der Waals surface area contributed by atoms with Crippen LogP contribution in [0.25, 0.3) is 11.4 Å². The first-order valence-electron chi connectivity index (χ1n) is 7.46. The summed E-state index contributed by atoms with van der Waals surface area (Å²) in [5, 5.41) is 11.8. The molecule has 1 aromatic heterocycles. The zero-order valence-electron chi connectivity index (χ0n) is 13.7. The van der Waals surface area contributed by atoms with Crippen molar-refractivity contribution in [2.75, 3.05) is 5.75 Å². The van der Waals surface area contributed by atoms with Crippen LogP contribution in [0.2, 0.25) is 0 Å². The van der Waals surface area contributed by atoms with Gasteiger partial charge >= 0.3 is 0 Å². The molecule has 1 aromatic carbocycles. The van der Waals surface area contributed by atoms with Crippen LogP contribution in [0.1, 0.15) is 20.8 Å². The van der Waals surface area contributed by atoms with Crippen molar-refractivity contribution in [3.05, 3.63) is 30.1 Å². The highest BCUT2D eigenvalue weighted by atomic mass is 32.2. The largest absolute Gasteiger partial charge is 0.353 e. The van der Waals surface area contributed by atoms with Gasteiger partial charge in [-0.3, -0.25) is 4.79 Å². The van der Waals surface area contributed by atoms with Gasteiger partial charge in [0, 0.05) is 18.7 Å². The van der Waals surface area contributed by atoms with Gasteiger partial charge in [-0.25, -0.2) is 4.39 Å².